The molecule has 0 spiro atoms. The lowest BCUT2D eigenvalue weighted by atomic mass is 10.1. The van der Waals surface area contributed by atoms with E-state index in [0.717, 1.165) is 25.0 Å². The average Bonchev–Trinajstić information content (AvgIpc) is 3.55. The van der Waals surface area contributed by atoms with Crippen LogP contribution in [0, 0.1) is 5.92 Å². The van der Waals surface area contributed by atoms with Crippen LogP contribution in [0.15, 0.2) is 64.4 Å². The van der Waals surface area contributed by atoms with Crippen molar-refractivity contribution >= 4 is 11.2 Å². The van der Waals surface area contributed by atoms with Crippen LogP contribution in [-0.2, 0) is 19.3 Å². The van der Waals surface area contributed by atoms with Gasteiger partial charge in [-0.2, -0.15) is 13.2 Å². The molecule has 2 aromatic heterocycles. The number of nitrogens with zero attached hydrogens (tertiary/aromatic N) is 4. The maximum absolute atomic E-state index is 13.4. The van der Waals surface area contributed by atoms with E-state index in [4.69, 9.17) is 4.74 Å². The third kappa shape index (κ3) is 4.00. The van der Waals surface area contributed by atoms with Gasteiger partial charge in [0.2, 0.25) is 0 Å². The molecule has 0 radical (unpaired) electrons. The summed E-state index contributed by atoms with van der Waals surface area (Å²) < 4.78 is 48.2. The number of halogens is 3. The second-order valence-corrected chi connectivity index (χ2v) is 8.42. The zero-order chi connectivity index (χ0) is 24.0. The van der Waals surface area contributed by atoms with E-state index in [2.05, 4.69) is 4.98 Å². The Morgan fingerprint density at radius 2 is 1.82 bits per heavy atom. The maximum atomic E-state index is 13.4. The number of hydrogen-bond donors (Lipinski definition) is 0. The Balaban J connectivity index is 1.66. The first kappa shape index (κ1) is 22.0. The monoisotopic (exact) mass is 470 g/mol. The second-order valence-electron chi connectivity index (χ2n) is 8.42. The maximum Gasteiger partial charge on any atom is 0.416 e. The van der Waals surface area contributed by atoms with Crippen molar-refractivity contribution < 1.29 is 17.9 Å². The third-order valence-corrected chi connectivity index (χ3v) is 5.98. The smallest absolute Gasteiger partial charge is 0.416 e. The average molecular weight is 470 g/mol. The Labute approximate surface area is 191 Å². The molecule has 1 saturated carbocycles. The van der Waals surface area contributed by atoms with Gasteiger partial charge in [0.15, 0.2) is 11.2 Å². The summed E-state index contributed by atoms with van der Waals surface area (Å²) in [5.74, 6) is 0.814. The molecule has 0 saturated heterocycles. The van der Waals surface area contributed by atoms with Crippen molar-refractivity contribution in [1.82, 2.24) is 18.7 Å². The van der Waals surface area contributed by atoms with Crippen LogP contribution < -0.4 is 16.0 Å². The first-order valence-corrected chi connectivity index (χ1v) is 10.8. The van der Waals surface area contributed by atoms with Crippen molar-refractivity contribution in [2.24, 2.45) is 5.92 Å². The van der Waals surface area contributed by atoms with E-state index in [0.29, 0.717) is 23.5 Å². The van der Waals surface area contributed by atoms with Gasteiger partial charge < -0.3 is 9.30 Å². The van der Waals surface area contributed by atoms with Gasteiger partial charge in [0.05, 0.1) is 24.7 Å². The van der Waals surface area contributed by atoms with Crippen LogP contribution in [0.4, 0.5) is 13.2 Å². The molecular weight excluding hydrogens is 449 g/mol. The van der Waals surface area contributed by atoms with Gasteiger partial charge in [-0.25, -0.2) is 14.3 Å². The van der Waals surface area contributed by atoms with E-state index in [1.165, 1.54) is 34.7 Å². The van der Waals surface area contributed by atoms with E-state index in [9.17, 15) is 22.8 Å². The third-order valence-electron chi connectivity index (χ3n) is 5.98. The number of methoxy groups -OCH3 is 1. The normalized spacial score (nSPS) is 14.0. The minimum absolute atomic E-state index is 0.129. The number of fused-ring (bicyclic) bond motifs is 1. The minimum atomic E-state index is -4.43. The number of benzene rings is 2. The van der Waals surface area contributed by atoms with Crippen LogP contribution >= 0.6 is 0 Å². The molecule has 1 fully saturated rings. The molecule has 5 rings (SSSR count). The van der Waals surface area contributed by atoms with Crippen LogP contribution in [0.2, 0.25) is 0 Å². The number of aromatic nitrogens is 4. The van der Waals surface area contributed by atoms with Gasteiger partial charge in [-0.1, -0.05) is 18.2 Å². The Kier molecular flexibility index (Phi) is 5.30. The molecule has 0 unspecified atom stereocenters. The van der Waals surface area contributed by atoms with Gasteiger partial charge in [-0.3, -0.25) is 9.36 Å². The van der Waals surface area contributed by atoms with E-state index < -0.39 is 23.0 Å². The first-order valence-electron chi connectivity index (χ1n) is 10.8. The highest BCUT2D eigenvalue weighted by Gasteiger charge is 2.30. The summed E-state index contributed by atoms with van der Waals surface area (Å²) in [5.41, 5.74) is -0.235. The van der Waals surface area contributed by atoms with Crippen LogP contribution in [0.25, 0.3) is 16.9 Å². The van der Waals surface area contributed by atoms with Crippen molar-refractivity contribution in [1.29, 1.82) is 0 Å². The van der Waals surface area contributed by atoms with Gasteiger partial charge in [0.25, 0.3) is 5.56 Å². The molecular formula is C24H21F3N4O3. The zero-order valence-corrected chi connectivity index (χ0v) is 18.2. The van der Waals surface area contributed by atoms with Crippen molar-refractivity contribution in [3.63, 3.8) is 0 Å². The van der Waals surface area contributed by atoms with Crippen molar-refractivity contribution in [3.8, 4) is 11.4 Å². The lowest BCUT2D eigenvalue weighted by Gasteiger charge is -2.13. The molecule has 34 heavy (non-hydrogen) atoms. The highest BCUT2D eigenvalue weighted by Crippen LogP contribution is 2.30. The van der Waals surface area contributed by atoms with Crippen molar-refractivity contribution in [2.45, 2.75) is 32.1 Å². The predicted octanol–water partition coefficient (Wildman–Crippen LogP) is 3.83. The Hall–Kier alpha value is -3.82. The standard InChI is InChI=1S/C24H21F3N4O3/c1-34-19-4-2-3-18(11-19)31-21-20(22(32)30(23(31)33)13-16-5-6-16)29(14-28-21)12-15-7-9-17(10-8-15)24(25,26)27/h2-4,7-11,14,16H,5-6,12-13H2,1H3. The Morgan fingerprint density at radius 3 is 2.47 bits per heavy atom. The van der Waals surface area contributed by atoms with Gasteiger partial charge in [-0.05, 0) is 48.6 Å². The molecule has 1 aliphatic carbocycles. The molecule has 0 N–H and O–H groups in total. The molecule has 0 aliphatic heterocycles. The molecule has 1 aliphatic rings. The summed E-state index contributed by atoms with van der Waals surface area (Å²) in [6, 6.07) is 11.6. The van der Waals surface area contributed by atoms with Crippen LogP contribution in [0.1, 0.15) is 24.0 Å². The number of alkyl halides is 3. The van der Waals surface area contributed by atoms with Gasteiger partial charge >= 0.3 is 11.9 Å². The number of ether oxygens (including phenoxy) is 1. The largest absolute Gasteiger partial charge is 0.497 e. The summed E-state index contributed by atoms with van der Waals surface area (Å²) in [6.45, 7) is 0.437. The fourth-order valence-corrected chi connectivity index (χ4v) is 4.00. The fourth-order valence-electron chi connectivity index (χ4n) is 4.00. The van der Waals surface area contributed by atoms with Crippen molar-refractivity contribution in [3.05, 3.63) is 86.8 Å². The molecule has 7 nitrogen and oxygen atoms in total. The summed E-state index contributed by atoms with van der Waals surface area (Å²) in [6.07, 6.45) is -1.09. The summed E-state index contributed by atoms with van der Waals surface area (Å²) in [4.78, 5) is 31.1. The molecule has 176 valence electrons. The number of hydrogen-bond acceptors (Lipinski definition) is 4. The van der Waals surface area contributed by atoms with Crippen LogP contribution in [0.5, 0.6) is 5.75 Å². The second kappa shape index (κ2) is 8.19. The minimum Gasteiger partial charge on any atom is -0.497 e. The topological polar surface area (TPSA) is 71.1 Å². The molecule has 4 aromatic rings. The highest BCUT2D eigenvalue weighted by atomic mass is 19.4. The van der Waals surface area contributed by atoms with E-state index in [-0.39, 0.29) is 23.6 Å². The molecule has 2 aromatic carbocycles. The number of rotatable bonds is 6. The predicted molar refractivity (Wildman–Crippen MR) is 119 cm³/mol. The van der Waals surface area contributed by atoms with Gasteiger partial charge in [0.1, 0.15) is 5.75 Å². The van der Waals surface area contributed by atoms with E-state index in [1.807, 2.05) is 0 Å². The lowest BCUT2D eigenvalue weighted by molar-refractivity contribution is -0.137. The highest BCUT2D eigenvalue weighted by molar-refractivity contribution is 5.72. The summed E-state index contributed by atoms with van der Waals surface area (Å²) >= 11 is 0. The fraction of sp³-hybridized carbons (Fsp3) is 0.292. The quantitative estimate of drug-likeness (QED) is 0.430. The van der Waals surface area contributed by atoms with Crippen LogP contribution in [0.3, 0.4) is 0 Å². The zero-order valence-electron chi connectivity index (χ0n) is 18.2. The summed E-state index contributed by atoms with van der Waals surface area (Å²) in [5, 5.41) is 0. The molecule has 10 heteroatoms. The lowest BCUT2D eigenvalue weighted by Crippen LogP contribution is -2.40. The SMILES string of the molecule is COc1cccc(-n2c(=O)n(CC3CC3)c(=O)c3c2ncn3Cc2ccc(C(F)(F)F)cc2)c1. The molecule has 0 amide bonds. The van der Waals surface area contributed by atoms with Crippen LogP contribution in [-0.4, -0.2) is 25.8 Å². The van der Waals surface area contributed by atoms with Gasteiger partial charge in [0, 0.05) is 19.2 Å². The Morgan fingerprint density at radius 1 is 1.09 bits per heavy atom. The van der Waals surface area contributed by atoms with Crippen molar-refractivity contribution in [2.75, 3.05) is 7.11 Å². The van der Waals surface area contributed by atoms with Gasteiger partial charge in [-0.15, -0.1) is 0 Å². The first-order chi connectivity index (χ1) is 16.3. The molecule has 2 heterocycles. The van der Waals surface area contributed by atoms with E-state index >= 15 is 0 Å². The molecule has 0 atom stereocenters. The Bertz CT molecular complexity index is 1480. The molecule has 0 bridgehead atoms. The van der Waals surface area contributed by atoms with E-state index in [1.54, 1.807) is 28.8 Å². The summed E-state index contributed by atoms with van der Waals surface area (Å²) in [7, 11) is 1.52. The number of imidazole rings is 1.